The third kappa shape index (κ3) is 4.71. The zero-order valence-corrected chi connectivity index (χ0v) is 14.6. The van der Waals surface area contributed by atoms with Crippen molar-refractivity contribution in [2.24, 2.45) is 11.5 Å². The highest BCUT2D eigenvalue weighted by molar-refractivity contribution is 5.88. The van der Waals surface area contributed by atoms with Crippen LogP contribution in [-0.4, -0.2) is 42.6 Å². The van der Waals surface area contributed by atoms with Crippen LogP contribution in [0.2, 0.25) is 0 Å². The highest BCUT2D eigenvalue weighted by atomic mass is 16.5. The quantitative estimate of drug-likeness (QED) is 0.380. The van der Waals surface area contributed by atoms with E-state index in [-0.39, 0.29) is 0 Å². The Morgan fingerprint density at radius 1 is 1.44 bits per heavy atom. The highest BCUT2D eigenvalue weighted by Gasteiger charge is 2.25. The minimum Gasteiger partial charge on any atom is -0.405 e. The number of ether oxygens (including phenoxy) is 1. The molecule has 0 unspecified atom stereocenters. The van der Waals surface area contributed by atoms with Gasteiger partial charge in [-0.1, -0.05) is 0 Å². The number of anilines is 2. The van der Waals surface area contributed by atoms with Crippen LogP contribution in [-0.2, 0) is 10.3 Å². The lowest BCUT2D eigenvalue weighted by Crippen LogP contribution is -2.37. The Hall–Kier alpha value is -2.58. The number of pyridine rings is 1. The highest BCUT2D eigenvalue weighted by Crippen LogP contribution is 2.31. The van der Waals surface area contributed by atoms with E-state index in [0.717, 1.165) is 6.21 Å². The van der Waals surface area contributed by atoms with Crippen LogP contribution in [0.3, 0.4) is 0 Å². The van der Waals surface area contributed by atoms with E-state index < -0.39 is 5.60 Å². The summed E-state index contributed by atoms with van der Waals surface area (Å²) in [4.78, 5) is 6.69. The molecule has 1 aromatic rings. The largest absolute Gasteiger partial charge is 0.405 e. The fourth-order valence-corrected chi connectivity index (χ4v) is 2.58. The number of hydrogen-bond donors (Lipinski definition) is 5. The van der Waals surface area contributed by atoms with Crippen molar-refractivity contribution in [3.63, 3.8) is 0 Å². The molecule has 2 rings (SSSR count). The fourth-order valence-electron chi connectivity index (χ4n) is 2.58. The number of hydrogen-bond acceptors (Lipinski definition) is 8. The van der Waals surface area contributed by atoms with Crippen molar-refractivity contribution in [2.45, 2.75) is 19.4 Å². The van der Waals surface area contributed by atoms with Crippen molar-refractivity contribution < 1.29 is 9.84 Å². The van der Waals surface area contributed by atoms with E-state index in [4.69, 9.17) is 21.6 Å². The Labute approximate surface area is 147 Å². The Morgan fingerprint density at radius 2 is 2.12 bits per heavy atom. The van der Waals surface area contributed by atoms with E-state index in [0.29, 0.717) is 54.9 Å². The van der Waals surface area contributed by atoms with Crippen LogP contribution < -0.4 is 21.7 Å². The molecule has 1 aromatic heterocycles. The number of allylic oxidation sites excluding steroid dienone is 2. The molecule has 136 valence electrons. The molecule has 1 aliphatic heterocycles. The summed E-state index contributed by atoms with van der Waals surface area (Å²) in [5, 5.41) is 21.3. The second kappa shape index (κ2) is 8.00. The first-order valence-electron chi connectivity index (χ1n) is 8.09. The molecule has 8 nitrogen and oxygen atoms in total. The van der Waals surface area contributed by atoms with Gasteiger partial charge in [-0.15, -0.1) is 0 Å². The summed E-state index contributed by atoms with van der Waals surface area (Å²) in [7, 11) is 0. The average Bonchev–Trinajstić information content (AvgIpc) is 2.59. The first kappa shape index (κ1) is 18.8. The molecule has 1 aliphatic rings. The monoisotopic (exact) mass is 346 g/mol. The third-order valence-electron chi connectivity index (χ3n) is 3.83. The Morgan fingerprint density at radius 3 is 2.68 bits per heavy atom. The van der Waals surface area contributed by atoms with Crippen molar-refractivity contribution in [2.75, 3.05) is 36.5 Å². The van der Waals surface area contributed by atoms with Crippen LogP contribution in [0.5, 0.6) is 0 Å². The van der Waals surface area contributed by atoms with Crippen LogP contribution >= 0.6 is 0 Å². The number of rotatable bonds is 6. The molecule has 1 fully saturated rings. The minimum absolute atomic E-state index is 0.332. The molecular weight excluding hydrogens is 320 g/mol. The van der Waals surface area contributed by atoms with Crippen LogP contribution in [0.1, 0.15) is 25.0 Å². The maximum Gasteiger partial charge on any atom is 0.143 e. The lowest BCUT2D eigenvalue weighted by molar-refractivity contribution is 0.0784. The van der Waals surface area contributed by atoms with Gasteiger partial charge < -0.3 is 36.9 Å². The first-order valence-corrected chi connectivity index (χ1v) is 8.09. The van der Waals surface area contributed by atoms with Gasteiger partial charge in [-0.05, 0) is 43.8 Å². The van der Waals surface area contributed by atoms with Gasteiger partial charge >= 0.3 is 0 Å². The smallest absolute Gasteiger partial charge is 0.143 e. The molecule has 0 atom stereocenters. The van der Waals surface area contributed by atoms with E-state index in [9.17, 15) is 5.11 Å². The molecule has 0 saturated carbocycles. The topological polar surface area (TPSA) is 134 Å². The molecule has 0 spiro atoms. The molecule has 2 heterocycles. The second-order valence-electron chi connectivity index (χ2n) is 6.22. The maximum absolute atomic E-state index is 10.5. The van der Waals surface area contributed by atoms with E-state index in [1.54, 1.807) is 26.0 Å². The molecule has 0 aromatic carbocycles. The van der Waals surface area contributed by atoms with Gasteiger partial charge in [0.1, 0.15) is 17.5 Å². The molecule has 0 aliphatic carbocycles. The van der Waals surface area contributed by atoms with Crippen molar-refractivity contribution >= 4 is 17.9 Å². The Balaban J connectivity index is 2.52. The van der Waals surface area contributed by atoms with Gasteiger partial charge in [-0.3, -0.25) is 0 Å². The third-order valence-corrected chi connectivity index (χ3v) is 3.83. The van der Waals surface area contributed by atoms with E-state index >= 15 is 0 Å². The summed E-state index contributed by atoms with van der Waals surface area (Å²) in [5.41, 5.74) is 11.2. The first-order chi connectivity index (χ1) is 11.9. The number of morpholine rings is 1. The molecule has 0 radical (unpaired) electrons. The summed E-state index contributed by atoms with van der Waals surface area (Å²) >= 11 is 0. The van der Waals surface area contributed by atoms with Crippen molar-refractivity contribution in [3.8, 4) is 0 Å². The minimum atomic E-state index is -1.14. The summed E-state index contributed by atoms with van der Waals surface area (Å²) in [6.07, 6.45) is 5.72. The Bertz CT molecular complexity index is 672. The van der Waals surface area contributed by atoms with Gasteiger partial charge in [-0.25, -0.2) is 4.98 Å². The number of nitrogens with two attached hydrogens (primary N) is 2. The fraction of sp³-hybridized carbons (Fsp3) is 0.412. The van der Waals surface area contributed by atoms with Gasteiger partial charge in [-0.2, -0.15) is 0 Å². The molecule has 7 N–H and O–H groups in total. The van der Waals surface area contributed by atoms with Crippen molar-refractivity contribution in [3.05, 3.63) is 41.4 Å². The van der Waals surface area contributed by atoms with Crippen LogP contribution in [0.25, 0.3) is 0 Å². The van der Waals surface area contributed by atoms with E-state index in [1.807, 2.05) is 6.07 Å². The van der Waals surface area contributed by atoms with Gasteiger partial charge in [0.2, 0.25) is 0 Å². The number of nitrogens with zero attached hydrogens (tertiary/aromatic N) is 2. The van der Waals surface area contributed by atoms with Crippen molar-refractivity contribution in [1.82, 2.24) is 4.98 Å². The summed E-state index contributed by atoms with van der Waals surface area (Å²) in [6, 6.07) is 1.82. The van der Waals surface area contributed by atoms with Crippen LogP contribution in [0.4, 0.5) is 11.6 Å². The number of aromatic nitrogens is 1. The summed E-state index contributed by atoms with van der Waals surface area (Å²) < 4.78 is 5.38. The zero-order valence-electron chi connectivity index (χ0n) is 14.6. The number of aliphatic hydroxyl groups is 1. The van der Waals surface area contributed by atoms with E-state index in [2.05, 4.69) is 15.2 Å². The standard InChI is InChI=1S/C17H26N6O2/c1-17(2,24)13-10-15(23-6-8-25-9-7-23)22-16(12(13)11-19)21-14(20)4-3-5-18/h3-5,10-11,19,24H,6-9,18,20H2,1-2H3,(H,21,22)/b5-3-,14-4+,19-11?. The van der Waals surface area contributed by atoms with Crippen LogP contribution in [0, 0.1) is 5.41 Å². The molecule has 25 heavy (non-hydrogen) atoms. The van der Waals surface area contributed by atoms with Crippen LogP contribution in [0.15, 0.2) is 30.2 Å². The predicted octanol–water partition coefficient (Wildman–Crippen LogP) is 0.828. The summed E-state index contributed by atoms with van der Waals surface area (Å²) in [5.74, 6) is 1.45. The SMILES string of the molecule is CC(C)(O)c1cc(N2CCOCC2)nc(N/C(N)=C/C=C\N)c1C=N. The van der Waals surface area contributed by atoms with Gasteiger partial charge in [0, 0.05) is 24.9 Å². The summed E-state index contributed by atoms with van der Waals surface area (Å²) in [6.45, 7) is 6.03. The maximum atomic E-state index is 10.5. The molecule has 8 heteroatoms. The average molecular weight is 346 g/mol. The number of nitrogens with one attached hydrogen (secondary N) is 2. The van der Waals surface area contributed by atoms with Gasteiger partial charge in [0.15, 0.2) is 0 Å². The molecule has 0 amide bonds. The lowest BCUT2D eigenvalue weighted by Gasteiger charge is -2.30. The van der Waals surface area contributed by atoms with E-state index in [1.165, 1.54) is 6.20 Å². The molecule has 1 saturated heterocycles. The lowest BCUT2D eigenvalue weighted by atomic mass is 9.94. The second-order valence-corrected chi connectivity index (χ2v) is 6.22. The van der Waals surface area contributed by atoms with Crippen molar-refractivity contribution in [1.29, 1.82) is 5.41 Å². The zero-order chi connectivity index (χ0) is 18.4. The predicted molar refractivity (Wildman–Crippen MR) is 99.6 cm³/mol. The molecule has 0 bridgehead atoms. The van der Waals surface area contributed by atoms with Gasteiger partial charge in [0.25, 0.3) is 0 Å². The Kier molecular flexibility index (Phi) is 6.00. The normalized spacial score (nSPS) is 16.3. The van der Waals surface area contributed by atoms with Gasteiger partial charge in [0.05, 0.1) is 18.8 Å². The molecular formula is C17H26N6O2.